The molecule has 2 aliphatic rings. The summed E-state index contributed by atoms with van der Waals surface area (Å²) in [5.41, 5.74) is -0.120. The van der Waals surface area contributed by atoms with Gasteiger partial charge in [-0.3, -0.25) is 4.79 Å². The molecule has 2 N–H and O–H groups in total. The summed E-state index contributed by atoms with van der Waals surface area (Å²) in [5.74, 6) is 1.41. The molecule has 0 radical (unpaired) electrons. The third kappa shape index (κ3) is 2.16. The van der Waals surface area contributed by atoms with Gasteiger partial charge in [0.05, 0.1) is 6.04 Å². The number of fused-ring (bicyclic) bond motifs is 1. The molecule has 0 aliphatic carbocycles. The summed E-state index contributed by atoms with van der Waals surface area (Å²) >= 11 is 0. The van der Waals surface area contributed by atoms with Crippen LogP contribution in [0.25, 0.3) is 0 Å². The number of carbonyl (C=O) groups is 1. The lowest BCUT2D eigenvalue weighted by Gasteiger charge is -2.37. The second-order valence-corrected chi connectivity index (χ2v) is 4.88. The Morgan fingerprint density at radius 1 is 1.42 bits per heavy atom. The molecule has 1 unspecified atom stereocenters. The molecule has 0 spiro atoms. The van der Waals surface area contributed by atoms with Crippen LogP contribution in [0.15, 0.2) is 10.9 Å². The van der Waals surface area contributed by atoms with E-state index in [2.05, 4.69) is 20.2 Å². The van der Waals surface area contributed by atoms with E-state index in [4.69, 9.17) is 0 Å². The molecule has 0 bridgehead atoms. The minimum atomic E-state index is -0.120. The predicted octanol–water partition coefficient (Wildman–Crippen LogP) is -0.454. The molecule has 102 valence electrons. The van der Waals surface area contributed by atoms with Crippen molar-refractivity contribution in [1.29, 1.82) is 0 Å². The number of aryl methyl sites for hydroxylation is 1. The van der Waals surface area contributed by atoms with E-state index in [9.17, 15) is 9.59 Å². The number of aromatic amines is 1. The Kier molecular flexibility index (Phi) is 2.88. The first-order chi connectivity index (χ1) is 9.17. The van der Waals surface area contributed by atoms with Crippen LogP contribution in [0.2, 0.25) is 0 Å². The number of carbonyl (C=O) groups excluding carboxylic acids is 1. The molecular weight excluding hydrogens is 246 g/mol. The van der Waals surface area contributed by atoms with E-state index in [1.54, 1.807) is 0 Å². The van der Waals surface area contributed by atoms with Crippen molar-refractivity contribution in [3.63, 3.8) is 0 Å². The van der Waals surface area contributed by atoms with E-state index >= 15 is 0 Å². The molecule has 2 fully saturated rings. The fourth-order valence-electron chi connectivity index (χ4n) is 2.64. The van der Waals surface area contributed by atoms with Crippen LogP contribution >= 0.6 is 0 Å². The van der Waals surface area contributed by atoms with Crippen molar-refractivity contribution in [3.05, 3.63) is 22.2 Å². The molecule has 1 aromatic rings. The molecule has 19 heavy (non-hydrogen) atoms. The average Bonchev–Trinajstić information content (AvgIpc) is 2.79. The molecule has 3 rings (SSSR count). The maximum atomic E-state index is 11.6. The lowest BCUT2D eigenvalue weighted by atomic mass is 10.2. The Balaban J connectivity index is 1.82. The van der Waals surface area contributed by atoms with Gasteiger partial charge >= 0.3 is 6.03 Å². The van der Waals surface area contributed by atoms with Gasteiger partial charge in [-0.05, 0) is 0 Å². The van der Waals surface area contributed by atoms with Gasteiger partial charge in [0.2, 0.25) is 0 Å². The smallest absolute Gasteiger partial charge is 0.317 e. The third-order valence-electron chi connectivity index (χ3n) is 3.67. The van der Waals surface area contributed by atoms with Crippen LogP contribution in [0, 0.1) is 0 Å². The first-order valence-electron chi connectivity index (χ1n) is 6.57. The highest BCUT2D eigenvalue weighted by Gasteiger charge is 2.35. The van der Waals surface area contributed by atoms with Gasteiger partial charge < -0.3 is 20.1 Å². The number of urea groups is 1. The highest BCUT2D eigenvalue weighted by atomic mass is 16.2. The molecule has 0 saturated carbocycles. The van der Waals surface area contributed by atoms with Crippen LogP contribution in [0.1, 0.15) is 12.7 Å². The van der Waals surface area contributed by atoms with Crippen molar-refractivity contribution in [3.8, 4) is 0 Å². The monoisotopic (exact) mass is 263 g/mol. The summed E-state index contributed by atoms with van der Waals surface area (Å²) in [6, 6.07) is 1.71. The number of hydrogen-bond donors (Lipinski definition) is 2. The van der Waals surface area contributed by atoms with E-state index < -0.39 is 0 Å². The highest BCUT2D eigenvalue weighted by molar-refractivity contribution is 5.77. The summed E-state index contributed by atoms with van der Waals surface area (Å²) in [6.45, 7) is 4.73. The zero-order valence-electron chi connectivity index (χ0n) is 10.8. The van der Waals surface area contributed by atoms with Crippen LogP contribution in [-0.2, 0) is 6.42 Å². The number of amides is 2. The molecule has 0 aromatic carbocycles. The molecule has 2 saturated heterocycles. The van der Waals surface area contributed by atoms with Crippen LogP contribution in [-0.4, -0.2) is 53.1 Å². The highest BCUT2D eigenvalue weighted by Crippen LogP contribution is 2.18. The Labute approximate surface area is 110 Å². The van der Waals surface area contributed by atoms with Gasteiger partial charge in [0.15, 0.2) is 0 Å². The Bertz CT molecular complexity index is 555. The molecule has 1 atom stereocenters. The number of H-pyrrole nitrogens is 1. The van der Waals surface area contributed by atoms with Crippen molar-refractivity contribution in [2.24, 2.45) is 0 Å². The van der Waals surface area contributed by atoms with E-state index in [1.807, 2.05) is 11.8 Å². The number of nitrogens with zero attached hydrogens (tertiary/aromatic N) is 3. The van der Waals surface area contributed by atoms with Gasteiger partial charge in [-0.15, -0.1) is 0 Å². The first-order valence-corrected chi connectivity index (χ1v) is 6.57. The zero-order chi connectivity index (χ0) is 13.4. The Morgan fingerprint density at radius 3 is 3.05 bits per heavy atom. The molecule has 2 aliphatic heterocycles. The van der Waals surface area contributed by atoms with Gasteiger partial charge in [0.25, 0.3) is 5.56 Å². The summed E-state index contributed by atoms with van der Waals surface area (Å²) in [6.07, 6.45) is 0.701. The van der Waals surface area contributed by atoms with Crippen molar-refractivity contribution >= 4 is 11.8 Å². The third-order valence-corrected chi connectivity index (χ3v) is 3.67. The molecule has 7 nitrogen and oxygen atoms in total. The second-order valence-electron chi connectivity index (χ2n) is 4.88. The standard InChI is InChI=1S/C12H17N5O2/c1-2-9-14-10(5-11(18)15-9)16-3-4-17-8(7-16)6-13-12(17)19/h5,8H,2-4,6-7H2,1H3,(H,13,19)(H,14,15,18). The van der Waals surface area contributed by atoms with E-state index in [0.29, 0.717) is 37.7 Å². The van der Waals surface area contributed by atoms with Gasteiger partial charge in [-0.25, -0.2) is 9.78 Å². The fourth-order valence-corrected chi connectivity index (χ4v) is 2.64. The number of nitrogens with one attached hydrogen (secondary N) is 2. The Morgan fingerprint density at radius 2 is 2.26 bits per heavy atom. The topological polar surface area (TPSA) is 81.3 Å². The summed E-state index contributed by atoms with van der Waals surface area (Å²) in [4.78, 5) is 34.2. The normalized spacial score (nSPS) is 22.4. The quantitative estimate of drug-likeness (QED) is 0.757. The number of piperazine rings is 1. The molecule has 3 heterocycles. The van der Waals surface area contributed by atoms with Crippen LogP contribution in [0.5, 0.6) is 0 Å². The number of anilines is 1. The van der Waals surface area contributed by atoms with Crippen LogP contribution in [0.3, 0.4) is 0 Å². The summed E-state index contributed by atoms with van der Waals surface area (Å²) < 4.78 is 0. The number of aromatic nitrogens is 2. The van der Waals surface area contributed by atoms with E-state index in [1.165, 1.54) is 6.07 Å². The molecule has 2 amide bonds. The van der Waals surface area contributed by atoms with Gasteiger partial charge in [-0.2, -0.15) is 0 Å². The van der Waals surface area contributed by atoms with Crippen molar-refractivity contribution in [2.45, 2.75) is 19.4 Å². The van der Waals surface area contributed by atoms with Crippen molar-refractivity contribution < 1.29 is 4.79 Å². The van der Waals surface area contributed by atoms with Gasteiger partial charge in [0, 0.05) is 38.7 Å². The van der Waals surface area contributed by atoms with Crippen LogP contribution < -0.4 is 15.8 Å². The maximum absolute atomic E-state index is 11.6. The molecule has 1 aromatic heterocycles. The van der Waals surface area contributed by atoms with E-state index in [-0.39, 0.29) is 17.6 Å². The number of rotatable bonds is 2. The largest absolute Gasteiger partial charge is 0.352 e. The average molecular weight is 263 g/mol. The fraction of sp³-hybridized carbons (Fsp3) is 0.583. The first kappa shape index (κ1) is 12.0. The minimum Gasteiger partial charge on any atom is -0.352 e. The lowest BCUT2D eigenvalue weighted by Crippen LogP contribution is -2.52. The van der Waals surface area contributed by atoms with Crippen LogP contribution in [0.4, 0.5) is 10.6 Å². The Hall–Kier alpha value is -2.05. The molecule has 7 heteroatoms. The second kappa shape index (κ2) is 4.56. The van der Waals surface area contributed by atoms with E-state index in [0.717, 1.165) is 6.54 Å². The van der Waals surface area contributed by atoms with Crippen molar-refractivity contribution in [2.75, 3.05) is 31.1 Å². The SMILES string of the molecule is CCc1nc(N2CCN3C(=O)NCC3C2)cc(=O)[nH]1. The summed E-state index contributed by atoms with van der Waals surface area (Å²) in [7, 11) is 0. The number of hydrogen-bond acceptors (Lipinski definition) is 4. The zero-order valence-corrected chi connectivity index (χ0v) is 10.8. The molecular formula is C12H17N5O2. The van der Waals surface area contributed by atoms with Gasteiger partial charge in [-0.1, -0.05) is 6.92 Å². The summed E-state index contributed by atoms with van der Waals surface area (Å²) in [5, 5.41) is 2.84. The van der Waals surface area contributed by atoms with Crippen molar-refractivity contribution in [1.82, 2.24) is 20.2 Å². The predicted molar refractivity (Wildman–Crippen MR) is 70.3 cm³/mol. The minimum absolute atomic E-state index is 0.0118. The maximum Gasteiger partial charge on any atom is 0.317 e. The lowest BCUT2D eigenvalue weighted by molar-refractivity contribution is 0.197. The van der Waals surface area contributed by atoms with Gasteiger partial charge in [0.1, 0.15) is 11.6 Å².